The maximum Gasteiger partial charge on any atom is 0.295 e. The molecule has 32 heavy (non-hydrogen) atoms. The number of nitrogens with zero attached hydrogens (tertiary/aromatic N) is 1. The van der Waals surface area contributed by atoms with Gasteiger partial charge in [0.15, 0.2) is 0 Å². The zero-order valence-corrected chi connectivity index (χ0v) is 18.6. The molecule has 0 bridgehead atoms. The number of aliphatic hydroxyl groups excluding tert-OH is 1. The quantitative estimate of drug-likeness (QED) is 0.297. The van der Waals surface area contributed by atoms with Crippen molar-refractivity contribution >= 4 is 17.4 Å². The number of ether oxygens (including phenoxy) is 2. The third-order valence-corrected chi connectivity index (χ3v) is 6.16. The van der Waals surface area contributed by atoms with Crippen LogP contribution in [0.1, 0.15) is 55.3 Å². The lowest BCUT2D eigenvalue weighted by atomic mass is 9.93. The van der Waals surface area contributed by atoms with Crippen LogP contribution in [-0.2, 0) is 16.0 Å². The van der Waals surface area contributed by atoms with E-state index in [0.717, 1.165) is 43.4 Å². The van der Waals surface area contributed by atoms with E-state index < -0.39 is 17.7 Å². The Labute approximate surface area is 188 Å². The highest BCUT2D eigenvalue weighted by molar-refractivity contribution is 6.46. The van der Waals surface area contributed by atoms with Crippen molar-refractivity contribution in [3.05, 3.63) is 64.7 Å². The molecule has 6 heteroatoms. The molecular formula is C26H29NO5. The summed E-state index contributed by atoms with van der Waals surface area (Å²) in [6.45, 7) is 3.20. The van der Waals surface area contributed by atoms with Crippen molar-refractivity contribution in [2.24, 2.45) is 0 Å². The number of ketones is 1. The van der Waals surface area contributed by atoms with Gasteiger partial charge < -0.3 is 19.5 Å². The molecular weight excluding hydrogens is 406 g/mol. The molecule has 0 aliphatic carbocycles. The van der Waals surface area contributed by atoms with Crippen LogP contribution in [0.2, 0.25) is 0 Å². The predicted molar refractivity (Wildman–Crippen MR) is 122 cm³/mol. The van der Waals surface area contributed by atoms with E-state index in [1.54, 1.807) is 24.1 Å². The predicted octanol–water partition coefficient (Wildman–Crippen LogP) is 4.63. The molecule has 0 saturated carbocycles. The van der Waals surface area contributed by atoms with Gasteiger partial charge in [0.1, 0.15) is 17.3 Å². The zero-order valence-electron chi connectivity index (χ0n) is 18.6. The summed E-state index contributed by atoms with van der Waals surface area (Å²) in [5, 5.41) is 11.3. The highest BCUT2D eigenvalue weighted by Crippen LogP contribution is 2.43. The fourth-order valence-corrected chi connectivity index (χ4v) is 4.52. The van der Waals surface area contributed by atoms with E-state index in [9.17, 15) is 14.7 Å². The summed E-state index contributed by atoms with van der Waals surface area (Å²) >= 11 is 0. The van der Waals surface area contributed by atoms with Crippen LogP contribution in [0.3, 0.4) is 0 Å². The molecule has 1 N–H and O–H groups in total. The molecule has 6 nitrogen and oxygen atoms in total. The van der Waals surface area contributed by atoms with Gasteiger partial charge in [0.2, 0.25) is 0 Å². The number of fused-ring (bicyclic) bond motifs is 1. The van der Waals surface area contributed by atoms with Crippen molar-refractivity contribution in [2.45, 2.75) is 45.1 Å². The smallest absolute Gasteiger partial charge is 0.295 e. The van der Waals surface area contributed by atoms with Gasteiger partial charge in [-0.05, 0) is 49.1 Å². The molecule has 0 spiro atoms. The number of aliphatic hydroxyl groups is 1. The number of Topliss-reactive ketones (excluding diaryl/α,β-unsaturated/α-hetero) is 1. The van der Waals surface area contributed by atoms with Gasteiger partial charge >= 0.3 is 0 Å². The number of benzene rings is 2. The standard InChI is InChI=1S/C26H29NO5/c1-3-4-7-14-27-23(19-10-5-6-11-21(19)31-2)22(25(29)26(27)30)24(28)18-12-13-20-17(16-18)9-8-15-32-20/h5-6,10-13,16,23,28H,3-4,7-9,14-15H2,1-2H3/b24-22+. The largest absolute Gasteiger partial charge is 0.507 e. The summed E-state index contributed by atoms with van der Waals surface area (Å²) in [5.41, 5.74) is 2.30. The molecule has 0 aromatic heterocycles. The summed E-state index contributed by atoms with van der Waals surface area (Å²) in [6, 6.07) is 12.1. The second-order valence-corrected chi connectivity index (χ2v) is 8.22. The minimum Gasteiger partial charge on any atom is -0.507 e. The van der Waals surface area contributed by atoms with Crippen molar-refractivity contribution in [1.82, 2.24) is 4.90 Å². The summed E-state index contributed by atoms with van der Waals surface area (Å²) < 4.78 is 11.2. The number of hydrogen-bond acceptors (Lipinski definition) is 5. The van der Waals surface area contributed by atoms with E-state index >= 15 is 0 Å². The van der Waals surface area contributed by atoms with Gasteiger partial charge in [0, 0.05) is 17.7 Å². The number of aryl methyl sites for hydroxylation is 1. The third kappa shape index (κ3) is 3.97. The van der Waals surface area contributed by atoms with E-state index in [-0.39, 0.29) is 11.3 Å². The van der Waals surface area contributed by atoms with E-state index in [2.05, 4.69) is 6.92 Å². The van der Waals surface area contributed by atoms with Gasteiger partial charge in [-0.1, -0.05) is 38.0 Å². The molecule has 2 aromatic carbocycles. The van der Waals surface area contributed by atoms with Gasteiger partial charge in [-0.15, -0.1) is 0 Å². The summed E-state index contributed by atoms with van der Waals surface area (Å²) in [5.74, 6) is -0.0342. The molecule has 1 atom stereocenters. The Bertz CT molecular complexity index is 1060. The van der Waals surface area contributed by atoms with Gasteiger partial charge in [0.25, 0.3) is 11.7 Å². The van der Waals surface area contributed by atoms with Crippen molar-refractivity contribution in [3.8, 4) is 11.5 Å². The van der Waals surface area contributed by atoms with Crippen LogP contribution in [0.25, 0.3) is 5.76 Å². The Morgan fingerprint density at radius 1 is 1.19 bits per heavy atom. The molecule has 168 valence electrons. The van der Waals surface area contributed by atoms with Crippen LogP contribution in [0, 0.1) is 0 Å². The first-order chi connectivity index (χ1) is 15.6. The van der Waals surface area contributed by atoms with E-state index in [4.69, 9.17) is 9.47 Å². The van der Waals surface area contributed by atoms with E-state index in [1.807, 2.05) is 30.3 Å². The van der Waals surface area contributed by atoms with Crippen LogP contribution >= 0.6 is 0 Å². The van der Waals surface area contributed by atoms with Crippen molar-refractivity contribution in [3.63, 3.8) is 0 Å². The molecule has 0 radical (unpaired) electrons. The second-order valence-electron chi connectivity index (χ2n) is 8.22. The minimum absolute atomic E-state index is 0.104. The Kier molecular flexibility index (Phi) is 6.49. The van der Waals surface area contributed by atoms with Crippen LogP contribution in [0.15, 0.2) is 48.0 Å². The van der Waals surface area contributed by atoms with Crippen molar-refractivity contribution < 1.29 is 24.2 Å². The number of carbonyl (C=O) groups is 2. The molecule has 1 amide bonds. The first-order valence-electron chi connectivity index (χ1n) is 11.2. The Hall–Kier alpha value is -3.28. The molecule has 1 saturated heterocycles. The number of rotatable bonds is 7. The number of amides is 1. The summed E-state index contributed by atoms with van der Waals surface area (Å²) in [7, 11) is 1.56. The molecule has 1 fully saturated rings. The Morgan fingerprint density at radius 3 is 2.78 bits per heavy atom. The lowest BCUT2D eigenvalue weighted by Gasteiger charge is -2.26. The number of carbonyl (C=O) groups excluding carboxylic acids is 2. The van der Waals surface area contributed by atoms with Crippen LogP contribution in [-0.4, -0.2) is 42.0 Å². The minimum atomic E-state index is -0.699. The van der Waals surface area contributed by atoms with E-state index in [0.29, 0.717) is 30.0 Å². The second kappa shape index (κ2) is 9.47. The zero-order chi connectivity index (χ0) is 22.7. The highest BCUT2D eigenvalue weighted by Gasteiger charge is 2.46. The van der Waals surface area contributed by atoms with Gasteiger partial charge in [0.05, 0.1) is 25.3 Å². The third-order valence-electron chi connectivity index (χ3n) is 6.16. The molecule has 2 aliphatic heterocycles. The fraction of sp³-hybridized carbons (Fsp3) is 0.385. The SMILES string of the molecule is CCCCCN1C(=O)C(=O)/C(=C(/O)c2ccc3c(c2)CCCO3)C1c1ccccc1OC. The molecule has 4 rings (SSSR count). The number of unbranched alkanes of at least 4 members (excludes halogenated alkanes) is 2. The monoisotopic (exact) mass is 435 g/mol. The first kappa shape index (κ1) is 21.9. The molecule has 1 unspecified atom stereocenters. The Balaban J connectivity index is 1.84. The van der Waals surface area contributed by atoms with Crippen LogP contribution < -0.4 is 9.47 Å². The maximum atomic E-state index is 13.2. The van der Waals surface area contributed by atoms with E-state index in [1.165, 1.54) is 0 Å². The lowest BCUT2D eigenvalue weighted by Crippen LogP contribution is -2.30. The Morgan fingerprint density at radius 2 is 2.00 bits per heavy atom. The fourth-order valence-electron chi connectivity index (χ4n) is 4.52. The van der Waals surface area contributed by atoms with Gasteiger partial charge in [-0.25, -0.2) is 0 Å². The van der Waals surface area contributed by atoms with Gasteiger partial charge in [-0.3, -0.25) is 9.59 Å². The van der Waals surface area contributed by atoms with Gasteiger partial charge in [-0.2, -0.15) is 0 Å². The number of likely N-dealkylation sites (tertiary alicyclic amines) is 1. The van der Waals surface area contributed by atoms with Crippen LogP contribution in [0.5, 0.6) is 11.5 Å². The molecule has 2 heterocycles. The average molecular weight is 436 g/mol. The van der Waals surface area contributed by atoms with Crippen LogP contribution in [0.4, 0.5) is 0 Å². The highest BCUT2D eigenvalue weighted by atomic mass is 16.5. The number of methoxy groups -OCH3 is 1. The summed E-state index contributed by atoms with van der Waals surface area (Å²) in [6.07, 6.45) is 4.48. The molecule has 2 aliphatic rings. The van der Waals surface area contributed by atoms with Crippen molar-refractivity contribution in [1.29, 1.82) is 0 Å². The van der Waals surface area contributed by atoms with Crippen molar-refractivity contribution in [2.75, 3.05) is 20.3 Å². The lowest BCUT2D eigenvalue weighted by molar-refractivity contribution is -0.139. The number of hydrogen-bond donors (Lipinski definition) is 1. The number of para-hydroxylation sites is 1. The average Bonchev–Trinajstić information content (AvgIpc) is 3.08. The first-order valence-corrected chi connectivity index (χ1v) is 11.2. The molecule has 2 aromatic rings. The maximum absolute atomic E-state index is 13.2. The summed E-state index contributed by atoms with van der Waals surface area (Å²) in [4.78, 5) is 27.8. The topological polar surface area (TPSA) is 76.1 Å². The normalized spacial score (nSPS) is 19.6.